The van der Waals surface area contributed by atoms with Crippen molar-refractivity contribution in [2.45, 2.75) is 19.9 Å². The molecule has 9 nitrogen and oxygen atoms in total. The molecule has 0 radical (unpaired) electrons. The fourth-order valence-electron chi connectivity index (χ4n) is 3.12. The number of hydrogen-bond acceptors (Lipinski definition) is 5. The average Bonchev–Trinajstić information content (AvgIpc) is 2.87. The fourth-order valence-corrected chi connectivity index (χ4v) is 3.12. The lowest BCUT2D eigenvalue weighted by Gasteiger charge is -2.28. The molecule has 2 aromatic rings. The van der Waals surface area contributed by atoms with Crippen LogP contribution in [0.15, 0.2) is 18.2 Å². The Bertz CT molecular complexity index is 902. The number of benzene rings is 1. The Balaban J connectivity index is 1.95. The highest BCUT2D eigenvalue weighted by Gasteiger charge is 2.33. The summed E-state index contributed by atoms with van der Waals surface area (Å²) in [6, 6.07) is 4.82. The largest absolute Gasteiger partial charge is 0.478 e. The number of amides is 1. The van der Waals surface area contributed by atoms with E-state index in [4.69, 9.17) is 5.11 Å². The van der Waals surface area contributed by atoms with Crippen molar-refractivity contribution in [3.8, 4) is 0 Å². The first kappa shape index (κ1) is 16.6. The van der Waals surface area contributed by atoms with Gasteiger partial charge in [0.25, 0.3) is 5.91 Å². The Morgan fingerprint density at radius 3 is 2.68 bits per heavy atom. The van der Waals surface area contributed by atoms with E-state index in [0.717, 1.165) is 11.1 Å². The lowest BCUT2D eigenvalue weighted by atomic mass is 9.97. The summed E-state index contributed by atoms with van der Waals surface area (Å²) in [5.41, 5.74) is 1.68. The number of carboxylic acid groups (broad SMARTS) is 1. The number of hydrogen-bond donors (Lipinski definition) is 1. The van der Waals surface area contributed by atoms with Crippen LogP contribution in [0.3, 0.4) is 0 Å². The van der Waals surface area contributed by atoms with E-state index in [1.165, 1.54) is 29.6 Å². The molecule has 9 heteroatoms. The molecular formula is C16H16N4O5. The number of aryl methyl sites for hydroxylation is 2. The Morgan fingerprint density at radius 2 is 2.04 bits per heavy atom. The predicted octanol–water partition coefficient (Wildman–Crippen LogP) is 1.53. The van der Waals surface area contributed by atoms with Crippen LogP contribution in [0.1, 0.15) is 37.7 Å². The first-order valence-corrected chi connectivity index (χ1v) is 7.62. The molecular weight excluding hydrogens is 328 g/mol. The second-order valence-corrected chi connectivity index (χ2v) is 5.93. The van der Waals surface area contributed by atoms with Gasteiger partial charge in [-0.2, -0.15) is 5.10 Å². The highest BCUT2D eigenvalue weighted by molar-refractivity contribution is 5.97. The summed E-state index contributed by atoms with van der Waals surface area (Å²) >= 11 is 0. The molecule has 0 aliphatic carbocycles. The fraction of sp³-hybridized carbons (Fsp3) is 0.312. The van der Waals surface area contributed by atoms with Gasteiger partial charge in [0.2, 0.25) is 5.69 Å². The maximum atomic E-state index is 12.8. The van der Waals surface area contributed by atoms with Crippen LogP contribution in [-0.2, 0) is 20.0 Å². The number of rotatable bonds is 3. The second-order valence-electron chi connectivity index (χ2n) is 5.93. The Hall–Kier alpha value is -3.23. The van der Waals surface area contributed by atoms with Crippen LogP contribution in [0.4, 0.5) is 5.69 Å². The number of nitro groups is 1. The number of nitrogens with zero attached hydrogens (tertiary/aromatic N) is 4. The first-order chi connectivity index (χ1) is 11.8. The molecule has 1 aromatic heterocycles. The van der Waals surface area contributed by atoms with Crippen LogP contribution >= 0.6 is 0 Å². The van der Waals surface area contributed by atoms with Gasteiger partial charge in [-0.15, -0.1) is 0 Å². The van der Waals surface area contributed by atoms with Crippen LogP contribution in [0.2, 0.25) is 0 Å². The van der Waals surface area contributed by atoms with E-state index < -0.39 is 16.8 Å². The summed E-state index contributed by atoms with van der Waals surface area (Å²) in [6.45, 7) is 2.09. The Kier molecular flexibility index (Phi) is 3.99. The molecule has 1 aromatic carbocycles. The van der Waals surface area contributed by atoms with Crippen molar-refractivity contribution in [2.75, 3.05) is 6.54 Å². The van der Waals surface area contributed by atoms with Gasteiger partial charge in [0.05, 0.1) is 10.5 Å². The smallest absolute Gasteiger partial charge is 0.335 e. The van der Waals surface area contributed by atoms with E-state index in [9.17, 15) is 19.7 Å². The zero-order valence-electron chi connectivity index (χ0n) is 13.7. The topological polar surface area (TPSA) is 119 Å². The zero-order valence-corrected chi connectivity index (χ0v) is 13.7. The molecule has 0 spiro atoms. The van der Waals surface area contributed by atoms with Gasteiger partial charge < -0.3 is 10.0 Å². The van der Waals surface area contributed by atoms with Gasteiger partial charge >= 0.3 is 11.7 Å². The minimum Gasteiger partial charge on any atom is -0.478 e. The third-order valence-electron chi connectivity index (χ3n) is 4.33. The highest BCUT2D eigenvalue weighted by Crippen LogP contribution is 2.27. The number of carboxylic acids is 1. The van der Waals surface area contributed by atoms with E-state index in [1.807, 2.05) is 0 Å². The van der Waals surface area contributed by atoms with Crippen molar-refractivity contribution < 1.29 is 19.6 Å². The molecule has 2 heterocycles. The van der Waals surface area contributed by atoms with E-state index in [1.54, 1.807) is 12.1 Å². The minimum absolute atomic E-state index is 0.0691. The lowest BCUT2D eigenvalue weighted by molar-refractivity contribution is -0.385. The second kappa shape index (κ2) is 6.00. The van der Waals surface area contributed by atoms with Crippen molar-refractivity contribution in [1.82, 2.24) is 14.7 Å². The molecule has 0 bridgehead atoms. The van der Waals surface area contributed by atoms with Crippen LogP contribution in [-0.4, -0.2) is 43.1 Å². The molecule has 0 saturated carbocycles. The van der Waals surface area contributed by atoms with E-state index in [-0.39, 0.29) is 29.2 Å². The molecule has 1 aliphatic rings. The quantitative estimate of drug-likeness (QED) is 0.666. The average molecular weight is 344 g/mol. The molecule has 1 N–H and O–H groups in total. The predicted molar refractivity (Wildman–Crippen MR) is 86.4 cm³/mol. The first-order valence-electron chi connectivity index (χ1n) is 7.62. The summed E-state index contributed by atoms with van der Waals surface area (Å²) < 4.78 is 1.22. The molecule has 0 fully saturated rings. The van der Waals surface area contributed by atoms with Crippen molar-refractivity contribution in [3.05, 3.63) is 56.4 Å². The third-order valence-corrected chi connectivity index (χ3v) is 4.33. The standard InChI is InChI=1S/C16H16N4O5/c1-9-13(20(24)25)14(18(2)17-9)15(21)19-6-5-10-3-4-11(16(22)23)7-12(10)8-19/h3-4,7H,5-6,8H2,1-2H3,(H,22,23). The van der Waals surface area contributed by atoms with E-state index in [2.05, 4.69) is 5.10 Å². The Morgan fingerprint density at radius 1 is 1.32 bits per heavy atom. The van der Waals surface area contributed by atoms with Crippen molar-refractivity contribution >= 4 is 17.6 Å². The van der Waals surface area contributed by atoms with Gasteiger partial charge in [0.1, 0.15) is 5.69 Å². The maximum Gasteiger partial charge on any atom is 0.335 e. The number of fused-ring (bicyclic) bond motifs is 1. The summed E-state index contributed by atoms with van der Waals surface area (Å²) in [6.07, 6.45) is 0.561. The SMILES string of the molecule is Cc1nn(C)c(C(=O)N2CCc3ccc(C(=O)O)cc3C2)c1[N+](=O)[O-]. The molecule has 3 rings (SSSR count). The van der Waals surface area contributed by atoms with Crippen molar-refractivity contribution in [1.29, 1.82) is 0 Å². The molecule has 0 atom stereocenters. The van der Waals surface area contributed by atoms with Gasteiger partial charge in [-0.1, -0.05) is 6.07 Å². The normalized spacial score (nSPS) is 13.4. The van der Waals surface area contributed by atoms with Gasteiger partial charge in [-0.25, -0.2) is 4.79 Å². The van der Waals surface area contributed by atoms with Crippen molar-refractivity contribution in [2.24, 2.45) is 7.05 Å². The number of aromatic carboxylic acids is 1. The molecule has 0 unspecified atom stereocenters. The van der Waals surface area contributed by atoms with Crippen LogP contribution in [0, 0.1) is 17.0 Å². The molecule has 0 saturated heterocycles. The Labute approximate surface area is 142 Å². The van der Waals surface area contributed by atoms with Crippen LogP contribution < -0.4 is 0 Å². The van der Waals surface area contributed by atoms with E-state index >= 15 is 0 Å². The number of carbonyl (C=O) groups excluding carboxylic acids is 1. The summed E-state index contributed by atoms with van der Waals surface area (Å²) in [7, 11) is 1.49. The molecule has 25 heavy (non-hydrogen) atoms. The molecule has 130 valence electrons. The molecule has 1 aliphatic heterocycles. The van der Waals surface area contributed by atoms with Crippen molar-refractivity contribution in [3.63, 3.8) is 0 Å². The number of aromatic nitrogens is 2. The molecule has 1 amide bonds. The summed E-state index contributed by atoms with van der Waals surface area (Å²) in [4.78, 5) is 36.1. The minimum atomic E-state index is -1.04. The zero-order chi connectivity index (χ0) is 18.3. The monoisotopic (exact) mass is 344 g/mol. The van der Waals surface area contributed by atoms with Gasteiger partial charge in [-0.3, -0.25) is 19.6 Å². The summed E-state index contributed by atoms with van der Waals surface area (Å²) in [5.74, 6) is -1.52. The summed E-state index contributed by atoms with van der Waals surface area (Å²) in [5, 5.41) is 24.4. The van der Waals surface area contributed by atoms with Crippen LogP contribution in [0.25, 0.3) is 0 Å². The number of carbonyl (C=O) groups is 2. The lowest BCUT2D eigenvalue weighted by Crippen LogP contribution is -2.37. The van der Waals surface area contributed by atoms with Gasteiger partial charge in [0.15, 0.2) is 0 Å². The highest BCUT2D eigenvalue weighted by atomic mass is 16.6. The van der Waals surface area contributed by atoms with Crippen LogP contribution in [0.5, 0.6) is 0 Å². The van der Waals surface area contributed by atoms with Gasteiger partial charge in [0, 0.05) is 20.1 Å². The third kappa shape index (κ3) is 2.84. The maximum absolute atomic E-state index is 12.8. The van der Waals surface area contributed by atoms with E-state index in [0.29, 0.717) is 13.0 Å². The van der Waals surface area contributed by atoms with Gasteiger partial charge in [-0.05, 0) is 36.6 Å².